The first-order valence-electron chi connectivity index (χ1n) is 8.99. The summed E-state index contributed by atoms with van der Waals surface area (Å²) in [7, 11) is 0. The average Bonchev–Trinajstić information content (AvgIpc) is 2.54. The summed E-state index contributed by atoms with van der Waals surface area (Å²) >= 11 is 0. The highest BCUT2D eigenvalue weighted by molar-refractivity contribution is 5.23. The van der Waals surface area contributed by atoms with Crippen molar-refractivity contribution in [1.82, 2.24) is 0 Å². The summed E-state index contributed by atoms with van der Waals surface area (Å²) in [4.78, 5) is 0. The Kier molecular flexibility index (Phi) is 6.91. The molecule has 0 aromatic heterocycles. The van der Waals surface area contributed by atoms with E-state index in [1.54, 1.807) is 0 Å². The van der Waals surface area contributed by atoms with E-state index < -0.39 is 0 Å². The molecule has 1 aromatic carbocycles. The Balaban J connectivity index is 1.80. The maximum atomic E-state index is 6.01. The van der Waals surface area contributed by atoms with Gasteiger partial charge in [0.15, 0.2) is 6.29 Å². The highest BCUT2D eigenvalue weighted by Crippen LogP contribution is 2.35. The van der Waals surface area contributed by atoms with Gasteiger partial charge in [0, 0.05) is 11.0 Å². The van der Waals surface area contributed by atoms with Crippen molar-refractivity contribution in [1.29, 1.82) is 0 Å². The summed E-state index contributed by atoms with van der Waals surface area (Å²) in [5.74, 6) is 0. The summed E-state index contributed by atoms with van der Waals surface area (Å²) in [5.41, 5.74) is 2.72. The van der Waals surface area contributed by atoms with Crippen molar-refractivity contribution < 1.29 is 9.47 Å². The van der Waals surface area contributed by atoms with E-state index in [9.17, 15) is 0 Å². The smallest absolute Gasteiger partial charge is 0.183 e. The Labute approximate surface area is 136 Å². The zero-order chi connectivity index (χ0) is 15.8. The lowest BCUT2D eigenvalue weighted by atomic mass is 9.85. The molecule has 0 bridgehead atoms. The second-order valence-corrected chi connectivity index (χ2v) is 7.07. The predicted octanol–water partition coefficient (Wildman–Crippen LogP) is 5.66. The molecule has 1 heterocycles. The van der Waals surface area contributed by atoms with Crippen LogP contribution in [0.1, 0.15) is 76.7 Å². The number of hydrogen-bond acceptors (Lipinski definition) is 2. The Morgan fingerprint density at radius 3 is 2.23 bits per heavy atom. The van der Waals surface area contributed by atoms with E-state index in [1.165, 1.54) is 44.1 Å². The van der Waals surface area contributed by atoms with Crippen molar-refractivity contribution in [2.24, 2.45) is 5.41 Å². The molecule has 0 unspecified atom stereocenters. The first kappa shape index (κ1) is 17.5. The highest BCUT2D eigenvalue weighted by Gasteiger charge is 2.32. The van der Waals surface area contributed by atoms with Gasteiger partial charge >= 0.3 is 0 Å². The summed E-state index contributed by atoms with van der Waals surface area (Å²) in [6.07, 6.45) is 8.59. The lowest BCUT2D eigenvalue weighted by Gasteiger charge is -2.37. The fourth-order valence-corrected chi connectivity index (χ4v) is 3.09. The average molecular weight is 304 g/mol. The zero-order valence-corrected chi connectivity index (χ0v) is 14.6. The van der Waals surface area contributed by atoms with Crippen LogP contribution < -0.4 is 0 Å². The molecular weight excluding hydrogens is 272 g/mol. The van der Waals surface area contributed by atoms with Crippen LogP contribution in [0.2, 0.25) is 0 Å². The molecule has 1 saturated heterocycles. The van der Waals surface area contributed by atoms with Gasteiger partial charge in [0.1, 0.15) is 0 Å². The minimum absolute atomic E-state index is 0.181. The fraction of sp³-hybridized carbons (Fsp3) is 0.700. The second-order valence-electron chi connectivity index (χ2n) is 7.07. The summed E-state index contributed by atoms with van der Waals surface area (Å²) in [6.45, 7) is 8.37. The van der Waals surface area contributed by atoms with E-state index in [4.69, 9.17) is 9.47 Å². The van der Waals surface area contributed by atoms with Crippen LogP contribution in [-0.4, -0.2) is 13.2 Å². The first-order chi connectivity index (χ1) is 10.7. The van der Waals surface area contributed by atoms with Crippen molar-refractivity contribution in [3.8, 4) is 0 Å². The van der Waals surface area contributed by atoms with Gasteiger partial charge in [0.2, 0.25) is 0 Å². The molecule has 1 fully saturated rings. The summed E-state index contributed by atoms with van der Waals surface area (Å²) in [6, 6.07) is 8.70. The zero-order valence-electron chi connectivity index (χ0n) is 14.6. The number of unbranched alkanes of at least 4 members (excludes halogenated alkanes) is 3. The van der Waals surface area contributed by atoms with Gasteiger partial charge in [-0.1, -0.05) is 77.1 Å². The minimum atomic E-state index is -0.181. The van der Waals surface area contributed by atoms with Gasteiger partial charge in [-0.15, -0.1) is 0 Å². The third-order valence-electron chi connectivity index (χ3n) is 4.59. The van der Waals surface area contributed by atoms with Crippen molar-refractivity contribution >= 4 is 0 Å². The lowest BCUT2D eigenvalue weighted by molar-refractivity contribution is -0.232. The van der Waals surface area contributed by atoms with Crippen LogP contribution in [0, 0.1) is 5.41 Å². The van der Waals surface area contributed by atoms with Crippen LogP contribution in [0.3, 0.4) is 0 Å². The largest absolute Gasteiger partial charge is 0.348 e. The fourth-order valence-electron chi connectivity index (χ4n) is 3.09. The van der Waals surface area contributed by atoms with E-state index in [0.717, 1.165) is 25.2 Å². The molecular formula is C20H32O2. The third kappa shape index (κ3) is 5.10. The van der Waals surface area contributed by atoms with Crippen LogP contribution in [0.4, 0.5) is 0 Å². The monoisotopic (exact) mass is 304 g/mol. The van der Waals surface area contributed by atoms with E-state index in [1.807, 2.05) is 0 Å². The first-order valence-corrected chi connectivity index (χ1v) is 8.99. The minimum Gasteiger partial charge on any atom is -0.348 e. The number of ether oxygens (including phenoxy) is 2. The second kappa shape index (κ2) is 8.69. The molecule has 0 spiro atoms. The Hall–Kier alpha value is -0.860. The molecule has 2 heteroatoms. The van der Waals surface area contributed by atoms with Gasteiger partial charge < -0.3 is 9.47 Å². The lowest BCUT2D eigenvalue weighted by Crippen LogP contribution is -2.36. The Morgan fingerprint density at radius 2 is 1.64 bits per heavy atom. The molecule has 1 aliphatic heterocycles. The molecule has 0 aliphatic carbocycles. The van der Waals surface area contributed by atoms with E-state index in [0.29, 0.717) is 0 Å². The van der Waals surface area contributed by atoms with Gasteiger partial charge in [0.25, 0.3) is 0 Å². The van der Waals surface area contributed by atoms with Crippen molar-refractivity contribution in [2.75, 3.05) is 13.2 Å². The molecule has 1 aromatic rings. The van der Waals surface area contributed by atoms with Gasteiger partial charge in [-0.25, -0.2) is 0 Å². The number of rotatable bonds is 8. The van der Waals surface area contributed by atoms with E-state index in [2.05, 4.69) is 45.0 Å². The van der Waals surface area contributed by atoms with Crippen molar-refractivity contribution in [3.63, 3.8) is 0 Å². The summed E-state index contributed by atoms with van der Waals surface area (Å²) < 4.78 is 12.0. The molecule has 0 amide bonds. The van der Waals surface area contributed by atoms with E-state index >= 15 is 0 Å². The number of aryl methyl sites for hydroxylation is 1. The normalized spacial score (nSPS) is 25.3. The van der Waals surface area contributed by atoms with Gasteiger partial charge in [0.05, 0.1) is 13.2 Å². The Morgan fingerprint density at radius 1 is 0.955 bits per heavy atom. The maximum absolute atomic E-state index is 6.01. The van der Waals surface area contributed by atoms with Crippen LogP contribution >= 0.6 is 0 Å². The number of benzene rings is 1. The topological polar surface area (TPSA) is 18.5 Å². The SMILES string of the molecule is CCCCCC[C@]1(C)CO[C@@H](c2ccc(CCC)cc2)OC1. The third-order valence-corrected chi connectivity index (χ3v) is 4.59. The molecule has 0 N–H and O–H groups in total. The van der Waals surface area contributed by atoms with Crippen molar-refractivity contribution in [3.05, 3.63) is 35.4 Å². The summed E-state index contributed by atoms with van der Waals surface area (Å²) in [5, 5.41) is 0. The molecule has 2 nitrogen and oxygen atoms in total. The quantitative estimate of drug-likeness (QED) is 0.577. The molecule has 2 rings (SSSR count). The predicted molar refractivity (Wildman–Crippen MR) is 91.9 cm³/mol. The van der Waals surface area contributed by atoms with Gasteiger partial charge in [-0.2, -0.15) is 0 Å². The van der Waals surface area contributed by atoms with Gasteiger partial charge in [-0.05, 0) is 18.4 Å². The van der Waals surface area contributed by atoms with Crippen LogP contribution in [0.5, 0.6) is 0 Å². The van der Waals surface area contributed by atoms with Gasteiger partial charge in [-0.3, -0.25) is 0 Å². The van der Waals surface area contributed by atoms with Crippen LogP contribution in [0.25, 0.3) is 0 Å². The van der Waals surface area contributed by atoms with Crippen LogP contribution in [-0.2, 0) is 15.9 Å². The van der Waals surface area contributed by atoms with Crippen molar-refractivity contribution in [2.45, 2.75) is 72.0 Å². The Bertz CT molecular complexity index is 416. The molecule has 0 atom stereocenters. The standard InChI is InChI=1S/C20H32O2/c1-4-6-7-8-14-20(3)15-21-19(22-16-20)18-12-10-17(9-5-2)11-13-18/h10-13,19H,4-9,14-16H2,1-3H3/t19-,20-. The van der Waals surface area contributed by atoms with Crippen LogP contribution in [0.15, 0.2) is 24.3 Å². The molecule has 1 aliphatic rings. The molecule has 22 heavy (non-hydrogen) atoms. The highest BCUT2D eigenvalue weighted by atomic mass is 16.7. The molecule has 0 saturated carbocycles. The van der Waals surface area contributed by atoms with E-state index in [-0.39, 0.29) is 11.7 Å². The molecule has 124 valence electrons. The molecule has 0 radical (unpaired) electrons. The maximum Gasteiger partial charge on any atom is 0.183 e. The number of hydrogen-bond donors (Lipinski definition) is 0.